The third kappa shape index (κ3) is 8.05. The van der Waals surface area contributed by atoms with Crippen LogP contribution in [-0.4, -0.2) is 18.4 Å². The van der Waals surface area contributed by atoms with Crippen LogP contribution in [0, 0.1) is 0 Å². The molecule has 0 aliphatic heterocycles. The number of allylic oxidation sites excluding steroid dienone is 1. The monoisotopic (exact) mass is 381 g/mol. The number of rotatable bonds is 9. The molecule has 4 nitrogen and oxygen atoms in total. The van der Waals surface area contributed by atoms with E-state index in [1.165, 1.54) is 24.0 Å². The molecule has 0 atom stereocenters. The van der Waals surface area contributed by atoms with Crippen LogP contribution in [0.1, 0.15) is 38.2 Å². The predicted molar refractivity (Wildman–Crippen MR) is 119 cm³/mol. The molecule has 27 heavy (non-hydrogen) atoms. The molecule has 0 heterocycles. The van der Waals surface area contributed by atoms with E-state index >= 15 is 0 Å². The van der Waals surface area contributed by atoms with Gasteiger partial charge in [-0.3, -0.25) is 5.43 Å². The molecule has 0 aromatic heterocycles. The number of hydrogen-bond donors (Lipinski definition) is 2. The van der Waals surface area contributed by atoms with E-state index in [1.807, 2.05) is 48.7 Å². The van der Waals surface area contributed by atoms with Crippen LogP contribution >= 0.6 is 12.2 Å². The van der Waals surface area contributed by atoms with Gasteiger partial charge >= 0.3 is 0 Å². The summed E-state index contributed by atoms with van der Waals surface area (Å²) in [6, 6.07) is 17.9. The first-order valence-electron chi connectivity index (χ1n) is 9.21. The Morgan fingerprint density at radius 3 is 2.67 bits per heavy atom. The molecular weight excluding hydrogens is 354 g/mol. The number of hydrazone groups is 1. The van der Waals surface area contributed by atoms with E-state index in [0.717, 1.165) is 24.3 Å². The molecule has 0 bridgehead atoms. The third-order valence-electron chi connectivity index (χ3n) is 3.94. The van der Waals surface area contributed by atoms with Gasteiger partial charge in [0, 0.05) is 11.8 Å². The van der Waals surface area contributed by atoms with Crippen LogP contribution in [0.5, 0.6) is 5.75 Å². The van der Waals surface area contributed by atoms with Crippen LogP contribution in [0.25, 0.3) is 6.08 Å². The minimum Gasteiger partial charge on any atom is -0.497 e. The van der Waals surface area contributed by atoms with Crippen molar-refractivity contribution < 1.29 is 4.74 Å². The highest BCUT2D eigenvalue weighted by Gasteiger charge is 1.99. The molecular formula is C22H27N3OS. The van der Waals surface area contributed by atoms with E-state index in [1.54, 1.807) is 7.11 Å². The molecule has 0 aliphatic rings. The first kappa shape index (κ1) is 20.6. The molecule has 2 aromatic carbocycles. The van der Waals surface area contributed by atoms with Gasteiger partial charge in [-0.1, -0.05) is 62.2 Å². The summed E-state index contributed by atoms with van der Waals surface area (Å²) in [6.45, 7) is 2.21. The topological polar surface area (TPSA) is 45.7 Å². The number of ether oxygens (including phenoxy) is 1. The van der Waals surface area contributed by atoms with Crippen molar-refractivity contribution in [3.8, 4) is 5.75 Å². The van der Waals surface area contributed by atoms with Crippen molar-refractivity contribution in [2.24, 2.45) is 5.10 Å². The van der Waals surface area contributed by atoms with Crippen LogP contribution in [0.2, 0.25) is 0 Å². The smallest absolute Gasteiger partial charge is 0.191 e. The fourth-order valence-electron chi connectivity index (χ4n) is 2.55. The summed E-state index contributed by atoms with van der Waals surface area (Å²) < 4.78 is 5.21. The standard InChI is InChI=1S/C22H27N3OS/c1-3-4-6-12-19(15-18-10-7-5-8-11-18)17-23-25-22(27)24-20-13-9-14-21(16-20)26-2/h5,7-11,13-17H,3-4,6,12H2,1-2H3,(H2,24,25,27)/b19-15+,23-17-. The van der Waals surface area contributed by atoms with Crippen LogP contribution in [0.15, 0.2) is 65.3 Å². The van der Waals surface area contributed by atoms with E-state index in [2.05, 4.69) is 41.0 Å². The Kier molecular flexibility index (Phi) is 9.07. The van der Waals surface area contributed by atoms with E-state index in [9.17, 15) is 0 Å². The second kappa shape index (κ2) is 11.9. The summed E-state index contributed by atoms with van der Waals surface area (Å²) in [5, 5.41) is 7.84. The molecule has 0 unspecified atom stereocenters. The molecule has 0 aliphatic carbocycles. The zero-order valence-corrected chi connectivity index (χ0v) is 16.8. The van der Waals surface area contributed by atoms with Crippen molar-refractivity contribution in [1.82, 2.24) is 5.43 Å². The number of unbranched alkanes of at least 4 members (excludes halogenated alkanes) is 2. The van der Waals surface area contributed by atoms with Crippen LogP contribution in [0.4, 0.5) is 5.69 Å². The molecule has 5 heteroatoms. The van der Waals surface area contributed by atoms with Crippen molar-refractivity contribution in [2.45, 2.75) is 32.6 Å². The Morgan fingerprint density at radius 1 is 1.11 bits per heavy atom. The van der Waals surface area contributed by atoms with Gasteiger partial charge in [-0.05, 0) is 48.3 Å². The Balaban J connectivity index is 1.95. The average Bonchev–Trinajstić information content (AvgIpc) is 2.69. The molecule has 0 saturated heterocycles. The van der Waals surface area contributed by atoms with E-state index in [4.69, 9.17) is 17.0 Å². The average molecular weight is 382 g/mol. The molecule has 0 fully saturated rings. The van der Waals surface area contributed by atoms with Crippen molar-refractivity contribution >= 4 is 35.3 Å². The molecule has 0 saturated carbocycles. The fourth-order valence-corrected chi connectivity index (χ4v) is 2.72. The summed E-state index contributed by atoms with van der Waals surface area (Å²) in [4.78, 5) is 0. The summed E-state index contributed by atoms with van der Waals surface area (Å²) in [6.07, 6.45) is 8.56. The summed E-state index contributed by atoms with van der Waals surface area (Å²) in [5.41, 5.74) is 6.08. The van der Waals surface area contributed by atoms with Gasteiger partial charge in [-0.25, -0.2) is 0 Å². The first-order chi connectivity index (χ1) is 13.2. The first-order valence-corrected chi connectivity index (χ1v) is 9.62. The third-order valence-corrected chi connectivity index (χ3v) is 4.14. The zero-order chi connectivity index (χ0) is 19.3. The highest BCUT2D eigenvalue weighted by atomic mass is 32.1. The number of thiocarbonyl (C=S) groups is 1. The Bertz CT molecular complexity index is 772. The van der Waals surface area contributed by atoms with Crippen LogP contribution < -0.4 is 15.5 Å². The number of methoxy groups -OCH3 is 1. The van der Waals surface area contributed by atoms with Crippen molar-refractivity contribution in [3.63, 3.8) is 0 Å². The minimum absolute atomic E-state index is 0.437. The van der Waals surface area contributed by atoms with Crippen LogP contribution in [-0.2, 0) is 0 Å². The van der Waals surface area contributed by atoms with Crippen LogP contribution in [0.3, 0.4) is 0 Å². The van der Waals surface area contributed by atoms with E-state index in [-0.39, 0.29) is 0 Å². The molecule has 0 amide bonds. The predicted octanol–water partition coefficient (Wildman–Crippen LogP) is 5.63. The van der Waals surface area contributed by atoms with Gasteiger partial charge in [-0.2, -0.15) is 5.10 Å². The number of hydrogen-bond acceptors (Lipinski definition) is 3. The van der Waals surface area contributed by atoms with Crippen molar-refractivity contribution in [3.05, 3.63) is 65.7 Å². The number of nitrogens with zero attached hydrogens (tertiary/aromatic N) is 1. The van der Waals surface area contributed by atoms with Gasteiger partial charge in [0.2, 0.25) is 0 Å². The van der Waals surface area contributed by atoms with Crippen molar-refractivity contribution in [2.75, 3.05) is 12.4 Å². The Morgan fingerprint density at radius 2 is 1.93 bits per heavy atom. The van der Waals surface area contributed by atoms with Gasteiger partial charge in [0.05, 0.1) is 13.3 Å². The minimum atomic E-state index is 0.437. The van der Waals surface area contributed by atoms with Gasteiger partial charge in [0.1, 0.15) is 5.75 Å². The van der Waals surface area contributed by atoms with Gasteiger partial charge in [0.15, 0.2) is 5.11 Å². The lowest BCUT2D eigenvalue weighted by Crippen LogP contribution is -2.23. The lowest BCUT2D eigenvalue weighted by molar-refractivity contribution is 0.415. The molecule has 142 valence electrons. The maximum atomic E-state index is 5.31. The van der Waals surface area contributed by atoms with Gasteiger partial charge < -0.3 is 10.1 Å². The maximum Gasteiger partial charge on any atom is 0.191 e. The Hall–Kier alpha value is -2.66. The van der Waals surface area contributed by atoms with E-state index in [0.29, 0.717) is 5.11 Å². The lowest BCUT2D eigenvalue weighted by Gasteiger charge is -2.08. The summed E-state index contributed by atoms with van der Waals surface area (Å²) >= 11 is 5.31. The quantitative estimate of drug-likeness (QED) is 0.256. The number of nitrogens with one attached hydrogen (secondary N) is 2. The largest absolute Gasteiger partial charge is 0.497 e. The van der Waals surface area contributed by atoms with Gasteiger partial charge in [-0.15, -0.1) is 0 Å². The highest BCUT2D eigenvalue weighted by Crippen LogP contribution is 2.16. The number of benzene rings is 2. The Labute approximate surface area is 167 Å². The van der Waals surface area contributed by atoms with Crippen molar-refractivity contribution in [1.29, 1.82) is 0 Å². The highest BCUT2D eigenvalue weighted by molar-refractivity contribution is 7.80. The molecule has 0 radical (unpaired) electrons. The molecule has 0 spiro atoms. The molecule has 2 N–H and O–H groups in total. The fraction of sp³-hybridized carbons (Fsp3) is 0.273. The second-order valence-electron chi connectivity index (χ2n) is 6.14. The van der Waals surface area contributed by atoms with E-state index < -0.39 is 0 Å². The second-order valence-corrected chi connectivity index (χ2v) is 6.55. The van der Waals surface area contributed by atoms with Gasteiger partial charge in [0.25, 0.3) is 0 Å². The number of anilines is 1. The molecule has 2 aromatic rings. The SMILES string of the molecule is CCCCCC(/C=N\NC(=S)Nc1cccc(OC)c1)=C\c1ccccc1. The normalized spacial score (nSPS) is 11.4. The summed E-state index contributed by atoms with van der Waals surface area (Å²) in [7, 11) is 1.64. The lowest BCUT2D eigenvalue weighted by atomic mass is 10.1. The molecule has 2 rings (SSSR count). The zero-order valence-electron chi connectivity index (χ0n) is 15.9. The maximum absolute atomic E-state index is 5.31. The summed E-state index contributed by atoms with van der Waals surface area (Å²) in [5.74, 6) is 0.773.